The minimum absolute atomic E-state index is 0.00371. The minimum Gasteiger partial charge on any atom is -0.466 e. The largest absolute Gasteiger partial charge is 0.466 e. The Morgan fingerprint density at radius 1 is 0.857 bits per heavy atom. The van der Waals surface area contributed by atoms with Crippen molar-refractivity contribution in [2.24, 2.45) is 0 Å². The minimum atomic E-state index is -1.44. The number of carbonyl (C=O) groups excluding carboxylic acids is 3. The first-order valence-corrected chi connectivity index (χ1v) is 8.77. The molecule has 0 aliphatic heterocycles. The van der Waals surface area contributed by atoms with Gasteiger partial charge in [-0.15, -0.1) is 0 Å². The van der Waals surface area contributed by atoms with Crippen molar-refractivity contribution in [3.05, 3.63) is 70.8 Å². The topological polar surface area (TPSA) is 78.9 Å². The molecule has 0 N–H and O–H groups in total. The molecule has 0 saturated heterocycles. The van der Waals surface area contributed by atoms with Crippen LogP contribution in [0.5, 0.6) is 0 Å². The van der Waals surface area contributed by atoms with E-state index in [0.29, 0.717) is 5.56 Å². The molecule has 2 aliphatic carbocycles. The summed E-state index contributed by atoms with van der Waals surface area (Å²) in [5.74, 6) is -2.61. The van der Waals surface area contributed by atoms with E-state index in [-0.39, 0.29) is 11.1 Å². The molecule has 0 fully saturated rings. The predicted octanol–water partition coefficient (Wildman–Crippen LogP) is 2.87. The Kier molecular flexibility index (Phi) is 4.07. The van der Waals surface area contributed by atoms with E-state index in [0.717, 1.165) is 16.7 Å². The van der Waals surface area contributed by atoms with E-state index >= 15 is 0 Å². The molecule has 142 valence electrons. The standard InChI is InChI=1S/C22H18O6/c1-12(23)28-22-16-11-7-6-9-14(16)13-8-4-5-10-15(13)18(22)17(20(24)26-2)19(22)21(25)27-3/h4-11,18H,1-3H3/t18?,22-/m1/s1. The van der Waals surface area contributed by atoms with Crippen LogP contribution < -0.4 is 0 Å². The van der Waals surface area contributed by atoms with E-state index in [2.05, 4.69) is 0 Å². The maximum Gasteiger partial charge on any atom is 0.338 e. The van der Waals surface area contributed by atoms with Gasteiger partial charge in [-0.25, -0.2) is 9.59 Å². The molecule has 6 heteroatoms. The van der Waals surface area contributed by atoms with Gasteiger partial charge >= 0.3 is 17.9 Å². The third kappa shape index (κ3) is 2.17. The zero-order chi connectivity index (χ0) is 20.1. The highest BCUT2D eigenvalue weighted by Crippen LogP contribution is 2.65. The van der Waals surface area contributed by atoms with Gasteiger partial charge in [0.25, 0.3) is 0 Å². The van der Waals surface area contributed by atoms with Crippen molar-refractivity contribution in [2.45, 2.75) is 18.4 Å². The van der Waals surface area contributed by atoms with Crippen molar-refractivity contribution in [1.82, 2.24) is 0 Å². The molecule has 0 spiro atoms. The molecule has 2 atom stereocenters. The molecule has 0 radical (unpaired) electrons. The SMILES string of the molecule is COC(=O)C1=C(C(=O)OC)[C@@]2(OC(C)=O)c3ccccc3-c3ccccc3C12. The Morgan fingerprint density at radius 2 is 1.46 bits per heavy atom. The van der Waals surface area contributed by atoms with Gasteiger partial charge < -0.3 is 14.2 Å². The van der Waals surface area contributed by atoms with Gasteiger partial charge in [-0.2, -0.15) is 0 Å². The Hall–Kier alpha value is -3.41. The van der Waals surface area contributed by atoms with Crippen LogP contribution in [0.25, 0.3) is 11.1 Å². The Balaban J connectivity index is 2.13. The van der Waals surface area contributed by atoms with Gasteiger partial charge in [0.1, 0.15) is 0 Å². The molecule has 0 bridgehead atoms. The van der Waals surface area contributed by atoms with Crippen molar-refractivity contribution in [3.63, 3.8) is 0 Å². The number of benzene rings is 2. The Bertz CT molecular complexity index is 1050. The monoisotopic (exact) mass is 378 g/mol. The van der Waals surface area contributed by atoms with Crippen molar-refractivity contribution in [3.8, 4) is 11.1 Å². The van der Waals surface area contributed by atoms with Crippen LogP contribution in [-0.4, -0.2) is 32.1 Å². The van der Waals surface area contributed by atoms with E-state index in [4.69, 9.17) is 14.2 Å². The average molecular weight is 378 g/mol. The van der Waals surface area contributed by atoms with Crippen molar-refractivity contribution < 1.29 is 28.6 Å². The lowest BCUT2D eigenvalue weighted by molar-refractivity contribution is -0.165. The quantitative estimate of drug-likeness (QED) is 0.604. The number of esters is 3. The molecule has 2 aromatic rings. The number of rotatable bonds is 3. The average Bonchev–Trinajstić information content (AvgIpc) is 2.69. The number of methoxy groups -OCH3 is 2. The molecule has 0 aromatic heterocycles. The zero-order valence-corrected chi connectivity index (χ0v) is 15.6. The van der Waals surface area contributed by atoms with Crippen LogP contribution in [-0.2, 0) is 34.2 Å². The highest BCUT2D eigenvalue weighted by molar-refractivity contribution is 6.09. The maximum absolute atomic E-state index is 12.7. The molecule has 2 aromatic carbocycles. The number of carbonyl (C=O) groups is 3. The smallest absolute Gasteiger partial charge is 0.338 e. The number of hydrogen-bond acceptors (Lipinski definition) is 6. The van der Waals surface area contributed by atoms with Gasteiger partial charge in [-0.1, -0.05) is 48.5 Å². The maximum atomic E-state index is 12.7. The predicted molar refractivity (Wildman–Crippen MR) is 99.1 cm³/mol. The first kappa shape index (κ1) is 18.0. The number of ether oxygens (including phenoxy) is 3. The molecular formula is C22H18O6. The van der Waals surface area contributed by atoms with Gasteiger partial charge in [0, 0.05) is 12.5 Å². The molecule has 6 nitrogen and oxygen atoms in total. The van der Waals surface area contributed by atoms with E-state index in [9.17, 15) is 14.4 Å². The molecule has 0 saturated carbocycles. The van der Waals surface area contributed by atoms with Gasteiger partial charge in [0.05, 0.1) is 31.3 Å². The molecule has 0 heterocycles. The summed E-state index contributed by atoms with van der Waals surface area (Å²) < 4.78 is 15.7. The fraction of sp³-hybridized carbons (Fsp3) is 0.227. The van der Waals surface area contributed by atoms with Crippen LogP contribution >= 0.6 is 0 Å². The van der Waals surface area contributed by atoms with Crippen molar-refractivity contribution in [2.75, 3.05) is 14.2 Å². The van der Waals surface area contributed by atoms with E-state index in [1.807, 2.05) is 36.4 Å². The lowest BCUT2D eigenvalue weighted by Gasteiger charge is -2.52. The van der Waals surface area contributed by atoms with Crippen LogP contribution in [0.15, 0.2) is 59.7 Å². The van der Waals surface area contributed by atoms with E-state index < -0.39 is 29.4 Å². The zero-order valence-electron chi connectivity index (χ0n) is 15.6. The molecular weight excluding hydrogens is 360 g/mol. The van der Waals surface area contributed by atoms with Crippen LogP contribution in [0.4, 0.5) is 0 Å². The van der Waals surface area contributed by atoms with Crippen molar-refractivity contribution >= 4 is 17.9 Å². The highest BCUT2D eigenvalue weighted by Gasteiger charge is 2.66. The molecule has 2 aliphatic rings. The summed E-state index contributed by atoms with van der Waals surface area (Å²) in [6.07, 6.45) is 0. The van der Waals surface area contributed by atoms with E-state index in [1.54, 1.807) is 12.1 Å². The van der Waals surface area contributed by atoms with Crippen LogP contribution in [0, 0.1) is 0 Å². The summed E-state index contributed by atoms with van der Waals surface area (Å²) in [4.78, 5) is 37.4. The first-order chi connectivity index (χ1) is 13.5. The number of fused-ring (bicyclic) bond motifs is 6. The lowest BCUT2D eigenvalue weighted by atomic mass is 9.54. The Morgan fingerprint density at radius 3 is 2.11 bits per heavy atom. The summed E-state index contributed by atoms with van der Waals surface area (Å²) in [6, 6.07) is 14.9. The molecule has 28 heavy (non-hydrogen) atoms. The van der Waals surface area contributed by atoms with E-state index in [1.165, 1.54) is 21.1 Å². The van der Waals surface area contributed by atoms with Gasteiger partial charge in [0.2, 0.25) is 0 Å². The molecule has 1 unspecified atom stereocenters. The highest BCUT2D eigenvalue weighted by atomic mass is 16.6. The summed E-state index contributed by atoms with van der Waals surface area (Å²) in [6.45, 7) is 1.28. The summed E-state index contributed by atoms with van der Waals surface area (Å²) in [5, 5.41) is 0. The second-order valence-electron chi connectivity index (χ2n) is 6.67. The normalized spacial score (nSPS) is 21.5. The van der Waals surface area contributed by atoms with Gasteiger partial charge in [-0.05, 0) is 16.7 Å². The third-order valence-corrected chi connectivity index (χ3v) is 5.32. The second kappa shape index (κ2) is 6.34. The summed E-state index contributed by atoms with van der Waals surface area (Å²) in [5.41, 5.74) is 1.89. The lowest BCUT2D eigenvalue weighted by Crippen LogP contribution is -2.55. The third-order valence-electron chi connectivity index (χ3n) is 5.32. The molecule has 0 amide bonds. The van der Waals surface area contributed by atoms with Crippen LogP contribution in [0.3, 0.4) is 0 Å². The van der Waals surface area contributed by atoms with Crippen LogP contribution in [0.2, 0.25) is 0 Å². The van der Waals surface area contributed by atoms with Gasteiger partial charge in [0.15, 0.2) is 5.60 Å². The number of hydrogen-bond donors (Lipinski definition) is 0. The van der Waals surface area contributed by atoms with Gasteiger partial charge in [-0.3, -0.25) is 4.79 Å². The first-order valence-electron chi connectivity index (χ1n) is 8.77. The Labute approximate surface area is 161 Å². The fourth-order valence-corrected chi connectivity index (χ4v) is 4.40. The van der Waals surface area contributed by atoms with Crippen molar-refractivity contribution in [1.29, 1.82) is 0 Å². The second-order valence-corrected chi connectivity index (χ2v) is 6.67. The molecule has 4 rings (SSSR count). The summed E-state index contributed by atoms with van der Waals surface area (Å²) >= 11 is 0. The van der Waals surface area contributed by atoms with Crippen LogP contribution in [0.1, 0.15) is 24.0 Å². The fourth-order valence-electron chi connectivity index (χ4n) is 4.40. The summed E-state index contributed by atoms with van der Waals surface area (Å²) in [7, 11) is 2.47.